The van der Waals surface area contributed by atoms with E-state index >= 15 is 4.39 Å². The second-order valence-corrected chi connectivity index (χ2v) is 6.02. The lowest BCUT2D eigenvalue weighted by molar-refractivity contribution is 0.196. The Labute approximate surface area is 132 Å². The van der Waals surface area contributed by atoms with Gasteiger partial charge >= 0.3 is 0 Å². The van der Waals surface area contributed by atoms with Gasteiger partial charge in [0.05, 0.1) is 11.9 Å². The maximum absolute atomic E-state index is 15.3. The summed E-state index contributed by atoms with van der Waals surface area (Å²) in [5.41, 5.74) is -0.00986. The van der Waals surface area contributed by atoms with Crippen LogP contribution in [0.25, 0.3) is 11.0 Å². The zero-order valence-electron chi connectivity index (χ0n) is 11.8. The number of anilines is 1. The number of alkyl halides is 1. The van der Waals surface area contributed by atoms with Gasteiger partial charge in [0.15, 0.2) is 5.67 Å². The van der Waals surface area contributed by atoms with E-state index in [0.29, 0.717) is 23.6 Å². The second kappa shape index (κ2) is 4.95. The third kappa shape index (κ3) is 2.13. The van der Waals surface area contributed by atoms with Gasteiger partial charge < -0.3 is 9.88 Å². The summed E-state index contributed by atoms with van der Waals surface area (Å²) in [7, 11) is 0. The predicted molar refractivity (Wildman–Crippen MR) is 85.0 cm³/mol. The third-order valence-corrected chi connectivity index (χ3v) is 4.43. The van der Waals surface area contributed by atoms with Crippen LogP contribution in [0.1, 0.15) is 12.0 Å². The first-order valence-electron chi connectivity index (χ1n) is 7.14. The molecule has 1 aromatic carbocycles. The van der Waals surface area contributed by atoms with Gasteiger partial charge in [-0.25, -0.2) is 14.4 Å². The van der Waals surface area contributed by atoms with Crippen LogP contribution in [-0.4, -0.2) is 28.0 Å². The van der Waals surface area contributed by atoms with Crippen LogP contribution in [0.3, 0.4) is 0 Å². The van der Waals surface area contributed by atoms with Gasteiger partial charge in [0.2, 0.25) is 0 Å². The number of nitrogens with zero attached hydrogens (tertiary/aromatic N) is 3. The summed E-state index contributed by atoms with van der Waals surface area (Å²) >= 11 is 6.00. The van der Waals surface area contributed by atoms with Crippen molar-refractivity contribution in [2.75, 3.05) is 18.0 Å². The first-order valence-corrected chi connectivity index (χ1v) is 7.51. The SMILES string of the molecule is FC1(c2cccc(Cl)c2)CCN(c2ncnc3[nH]ccc23)C1. The minimum atomic E-state index is -1.40. The lowest BCUT2D eigenvalue weighted by Crippen LogP contribution is -2.27. The highest BCUT2D eigenvalue weighted by atomic mass is 35.5. The zero-order chi connectivity index (χ0) is 15.2. The molecule has 1 saturated heterocycles. The number of H-pyrrole nitrogens is 1. The van der Waals surface area contributed by atoms with Crippen LogP contribution in [0, 0.1) is 0 Å². The molecular weight excluding hydrogens is 303 g/mol. The molecule has 112 valence electrons. The molecule has 1 atom stereocenters. The van der Waals surface area contributed by atoms with Gasteiger partial charge in [-0.15, -0.1) is 0 Å². The maximum atomic E-state index is 15.3. The van der Waals surface area contributed by atoms with E-state index in [1.54, 1.807) is 24.3 Å². The monoisotopic (exact) mass is 316 g/mol. The van der Waals surface area contributed by atoms with Crippen LogP contribution in [0.2, 0.25) is 5.02 Å². The van der Waals surface area contributed by atoms with Crippen molar-refractivity contribution in [1.82, 2.24) is 15.0 Å². The second-order valence-electron chi connectivity index (χ2n) is 5.58. The molecule has 1 aliphatic rings. The first kappa shape index (κ1) is 13.5. The van der Waals surface area contributed by atoms with Crippen molar-refractivity contribution in [3.8, 4) is 0 Å². The van der Waals surface area contributed by atoms with Gasteiger partial charge in [-0.2, -0.15) is 0 Å². The number of rotatable bonds is 2. The smallest absolute Gasteiger partial charge is 0.155 e. The van der Waals surface area contributed by atoms with E-state index in [1.807, 2.05) is 17.2 Å². The van der Waals surface area contributed by atoms with Crippen molar-refractivity contribution in [1.29, 1.82) is 0 Å². The van der Waals surface area contributed by atoms with Crippen molar-refractivity contribution < 1.29 is 4.39 Å². The first-order chi connectivity index (χ1) is 10.7. The molecule has 6 heteroatoms. The van der Waals surface area contributed by atoms with E-state index in [2.05, 4.69) is 15.0 Å². The van der Waals surface area contributed by atoms with Crippen LogP contribution >= 0.6 is 11.6 Å². The van der Waals surface area contributed by atoms with Gasteiger partial charge in [-0.1, -0.05) is 23.7 Å². The highest BCUT2D eigenvalue weighted by Gasteiger charge is 2.41. The van der Waals surface area contributed by atoms with Crippen molar-refractivity contribution >= 4 is 28.5 Å². The molecule has 1 unspecified atom stereocenters. The van der Waals surface area contributed by atoms with Gasteiger partial charge in [0.25, 0.3) is 0 Å². The number of aromatic nitrogens is 3. The zero-order valence-corrected chi connectivity index (χ0v) is 12.5. The average molecular weight is 317 g/mol. The number of halogens is 2. The summed E-state index contributed by atoms with van der Waals surface area (Å²) in [5.74, 6) is 0.771. The molecule has 1 N–H and O–H groups in total. The summed E-state index contributed by atoms with van der Waals surface area (Å²) in [6.07, 6.45) is 3.74. The number of hydrogen-bond donors (Lipinski definition) is 1. The molecule has 0 radical (unpaired) electrons. The van der Waals surface area contributed by atoms with E-state index < -0.39 is 5.67 Å². The van der Waals surface area contributed by atoms with Crippen molar-refractivity contribution in [3.05, 3.63) is 53.4 Å². The number of aromatic amines is 1. The Morgan fingerprint density at radius 1 is 1.27 bits per heavy atom. The molecule has 0 amide bonds. The highest BCUT2D eigenvalue weighted by Crippen LogP contribution is 2.39. The Bertz CT molecular complexity index is 834. The predicted octanol–water partition coefficient (Wildman–Crippen LogP) is 3.69. The van der Waals surface area contributed by atoms with Crippen molar-refractivity contribution in [3.63, 3.8) is 0 Å². The Morgan fingerprint density at radius 2 is 2.18 bits per heavy atom. The van der Waals surface area contributed by atoms with E-state index in [9.17, 15) is 0 Å². The molecule has 0 aliphatic carbocycles. The summed E-state index contributed by atoms with van der Waals surface area (Å²) in [4.78, 5) is 13.5. The van der Waals surface area contributed by atoms with E-state index in [4.69, 9.17) is 11.6 Å². The Morgan fingerprint density at radius 3 is 3.05 bits per heavy atom. The molecule has 4 rings (SSSR count). The standard InChI is InChI=1S/C16H14ClFN4/c17-12-3-1-2-11(8-12)16(18)5-7-22(9-16)15-13-4-6-19-14(13)20-10-21-15/h1-4,6,8,10H,5,7,9H2,(H,19,20,21). The molecule has 3 heterocycles. The normalized spacial score (nSPS) is 21.6. The maximum Gasteiger partial charge on any atom is 0.155 e. The van der Waals surface area contributed by atoms with Gasteiger partial charge in [-0.05, 0) is 23.8 Å². The Balaban J connectivity index is 1.69. The number of nitrogens with one attached hydrogen (secondary N) is 1. The van der Waals surface area contributed by atoms with E-state index in [1.165, 1.54) is 6.33 Å². The molecule has 3 aromatic rings. The Hall–Kier alpha value is -2.14. The fraction of sp³-hybridized carbons (Fsp3) is 0.250. The molecule has 1 fully saturated rings. The lowest BCUT2D eigenvalue weighted by Gasteiger charge is -2.22. The fourth-order valence-electron chi connectivity index (χ4n) is 3.07. The topological polar surface area (TPSA) is 44.8 Å². The Kier molecular flexibility index (Phi) is 3.04. The summed E-state index contributed by atoms with van der Waals surface area (Å²) in [6, 6.07) is 8.96. The average Bonchev–Trinajstić information content (AvgIpc) is 3.14. The van der Waals surface area contributed by atoms with Crippen LogP contribution in [0.5, 0.6) is 0 Å². The molecular formula is C16H14ClFN4. The van der Waals surface area contributed by atoms with Crippen LogP contribution in [0.15, 0.2) is 42.9 Å². The summed E-state index contributed by atoms with van der Waals surface area (Å²) in [5, 5.41) is 1.47. The van der Waals surface area contributed by atoms with Crippen LogP contribution in [-0.2, 0) is 5.67 Å². The lowest BCUT2D eigenvalue weighted by atomic mass is 9.95. The largest absolute Gasteiger partial charge is 0.352 e. The van der Waals surface area contributed by atoms with Gasteiger partial charge in [0.1, 0.15) is 17.8 Å². The fourth-order valence-corrected chi connectivity index (χ4v) is 3.26. The van der Waals surface area contributed by atoms with Gasteiger partial charge in [-0.3, -0.25) is 0 Å². The minimum absolute atomic E-state index is 0.268. The van der Waals surface area contributed by atoms with E-state index in [-0.39, 0.29) is 6.54 Å². The quantitative estimate of drug-likeness (QED) is 0.784. The van der Waals surface area contributed by atoms with Gasteiger partial charge in [0, 0.05) is 24.2 Å². The molecule has 4 nitrogen and oxygen atoms in total. The number of hydrogen-bond acceptors (Lipinski definition) is 3. The highest BCUT2D eigenvalue weighted by molar-refractivity contribution is 6.30. The summed E-state index contributed by atoms with van der Waals surface area (Å²) < 4.78 is 15.3. The van der Waals surface area contributed by atoms with E-state index in [0.717, 1.165) is 16.9 Å². The van der Waals surface area contributed by atoms with Crippen molar-refractivity contribution in [2.24, 2.45) is 0 Å². The molecule has 0 saturated carbocycles. The number of benzene rings is 1. The van der Waals surface area contributed by atoms with Crippen molar-refractivity contribution in [2.45, 2.75) is 12.1 Å². The van der Waals surface area contributed by atoms with Crippen LogP contribution < -0.4 is 4.90 Å². The van der Waals surface area contributed by atoms with Crippen LogP contribution in [0.4, 0.5) is 10.2 Å². The summed E-state index contributed by atoms with van der Waals surface area (Å²) in [6.45, 7) is 0.880. The molecule has 0 spiro atoms. The third-order valence-electron chi connectivity index (χ3n) is 4.19. The minimum Gasteiger partial charge on any atom is -0.352 e. The number of fused-ring (bicyclic) bond motifs is 1. The molecule has 2 aromatic heterocycles. The molecule has 0 bridgehead atoms. The molecule has 22 heavy (non-hydrogen) atoms. The molecule has 1 aliphatic heterocycles.